The molecule has 11 heavy (non-hydrogen) atoms. The Hall–Kier alpha value is 0.528. The van der Waals surface area contributed by atoms with E-state index in [4.69, 9.17) is 11.5 Å². The topological polar surface area (TPSA) is 115 Å². The van der Waals surface area contributed by atoms with Crippen LogP contribution >= 0.6 is 0 Å². The van der Waals surface area contributed by atoms with Gasteiger partial charge in [0.1, 0.15) is 0 Å². The molecule has 0 radical (unpaired) electrons. The zero-order valence-electron chi connectivity index (χ0n) is 6.45. The van der Waals surface area contributed by atoms with Gasteiger partial charge in [0.15, 0.2) is 0 Å². The minimum absolute atomic E-state index is 0. The van der Waals surface area contributed by atoms with E-state index in [2.05, 4.69) is 0 Å². The van der Waals surface area contributed by atoms with Crippen LogP contribution in [0.5, 0.6) is 0 Å². The standard InChI is InChI=1S/C6H14N2.2H2O.Pt/c7-4-5-2-1-3-6(5)8;;;/h5-6H,1-4,7-8H2;2*1H2;. The number of hydrogen-bond acceptors (Lipinski definition) is 2. The van der Waals surface area contributed by atoms with Gasteiger partial charge in [-0.1, -0.05) is 6.42 Å². The number of hydrogen-bond donors (Lipinski definition) is 2. The van der Waals surface area contributed by atoms with Crippen molar-refractivity contribution < 1.29 is 32.0 Å². The van der Waals surface area contributed by atoms with Crippen molar-refractivity contribution in [2.24, 2.45) is 17.4 Å². The summed E-state index contributed by atoms with van der Waals surface area (Å²) in [5.41, 5.74) is 11.2. The van der Waals surface area contributed by atoms with Gasteiger partial charge in [0.05, 0.1) is 0 Å². The molecule has 2 atom stereocenters. The second-order valence-corrected chi connectivity index (χ2v) is 2.59. The third kappa shape index (κ3) is 4.88. The summed E-state index contributed by atoms with van der Waals surface area (Å²) < 4.78 is 0. The van der Waals surface area contributed by atoms with Gasteiger partial charge in [-0.3, -0.25) is 0 Å². The van der Waals surface area contributed by atoms with E-state index in [0.717, 1.165) is 6.54 Å². The Labute approximate surface area is 81.6 Å². The Bertz CT molecular complexity index is 85.0. The molecule has 0 aromatic heterocycles. The van der Waals surface area contributed by atoms with E-state index < -0.39 is 0 Å². The Morgan fingerprint density at radius 3 is 1.91 bits per heavy atom. The second kappa shape index (κ2) is 8.62. The van der Waals surface area contributed by atoms with Crippen molar-refractivity contribution >= 4 is 0 Å². The first-order valence-corrected chi connectivity index (χ1v) is 3.30. The molecular formula is C6H18N2O2Pt. The Morgan fingerprint density at radius 2 is 1.73 bits per heavy atom. The summed E-state index contributed by atoms with van der Waals surface area (Å²) in [7, 11) is 0. The van der Waals surface area contributed by atoms with Gasteiger partial charge in [-0.15, -0.1) is 0 Å². The average molecular weight is 345 g/mol. The molecule has 1 saturated carbocycles. The maximum Gasteiger partial charge on any atom is 0.00792 e. The van der Waals surface area contributed by atoms with Gasteiger partial charge in [-0.05, 0) is 25.3 Å². The fourth-order valence-corrected chi connectivity index (χ4v) is 1.36. The van der Waals surface area contributed by atoms with Crippen LogP contribution in [0.1, 0.15) is 19.3 Å². The van der Waals surface area contributed by atoms with Gasteiger partial charge < -0.3 is 22.4 Å². The molecule has 74 valence electrons. The summed E-state index contributed by atoms with van der Waals surface area (Å²) >= 11 is 0. The molecule has 5 heteroatoms. The smallest absolute Gasteiger partial charge is 0.00792 e. The predicted octanol–water partition coefficient (Wildman–Crippen LogP) is -1.58. The summed E-state index contributed by atoms with van der Waals surface area (Å²) in [6.07, 6.45) is 3.71. The van der Waals surface area contributed by atoms with E-state index in [0.29, 0.717) is 12.0 Å². The van der Waals surface area contributed by atoms with E-state index in [1.54, 1.807) is 0 Å². The van der Waals surface area contributed by atoms with Gasteiger partial charge in [0.25, 0.3) is 0 Å². The molecular weight excluding hydrogens is 327 g/mol. The van der Waals surface area contributed by atoms with Crippen LogP contribution < -0.4 is 11.5 Å². The van der Waals surface area contributed by atoms with Crippen molar-refractivity contribution in [3.05, 3.63) is 0 Å². The van der Waals surface area contributed by atoms with Crippen LogP contribution in [0.15, 0.2) is 0 Å². The average Bonchev–Trinajstić information content (AvgIpc) is 2.14. The van der Waals surface area contributed by atoms with Crippen LogP contribution in [0.3, 0.4) is 0 Å². The summed E-state index contributed by atoms with van der Waals surface area (Å²) in [6.45, 7) is 0.779. The maximum absolute atomic E-state index is 5.71. The fraction of sp³-hybridized carbons (Fsp3) is 1.00. The van der Waals surface area contributed by atoms with Crippen LogP contribution in [0.4, 0.5) is 0 Å². The molecule has 0 saturated heterocycles. The molecule has 1 aliphatic rings. The fourth-order valence-electron chi connectivity index (χ4n) is 1.36. The second-order valence-electron chi connectivity index (χ2n) is 2.59. The Balaban J connectivity index is -0.000000213. The molecule has 0 aromatic rings. The third-order valence-corrected chi connectivity index (χ3v) is 2.02. The normalized spacial score (nSPS) is 27.8. The van der Waals surface area contributed by atoms with Crippen molar-refractivity contribution in [2.75, 3.05) is 6.54 Å². The van der Waals surface area contributed by atoms with Crippen LogP contribution in [-0.2, 0) is 21.1 Å². The molecule has 2 unspecified atom stereocenters. The molecule has 0 bridgehead atoms. The third-order valence-electron chi connectivity index (χ3n) is 2.02. The first kappa shape index (κ1) is 17.6. The Kier molecular flexibility index (Phi) is 13.8. The first-order valence-electron chi connectivity index (χ1n) is 3.30. The van der Waals surface area contributed by atoms with Gasteiger partial charge >= 0.3 is 0 Å². The van der Waals surface area contributed by atoms with E-state index in [1.807, 2.05) is 0 Å². The van der Waals surface area contributed by atoms with Crippen LogP contribution in [0, 0.1) is 5.92 Å². The quantitative estimate of drug-likeness (QED) is 0.597. The first-order chi connectivity index (χ1) is 3.84. The van der Waals surface area contributed by atoms with Crippen molar-refractivity contribution in [2.45, 2.75) is 25.3 Å². The summed E-state index contributed by atoms with van der Waals surface area (Å²) in [6, 6.07) is 0.403. The molecule has 0 amide bonds. The van der Waals surface area contributed by atoms with Crippen LogP contribution in [-0.4, -0.2) is 23.5 Å². The van der Waals surface area contributed by atoms with Gasteiger partial charge in [0, 0.05) is 27.1 Å². The molecule has 1 fully saturated rings. The van der Waals surface area contributed by atoms with E-state index in [-0.39, 0.29) is 32.0 Å². The molecule has 0 aliphatic heterocycles. The molecule has 0 aromatic carbocycles. The van der Waals surface area contributed by atoms with Gasteiger partial charge in [-0.2, -0.15) is 0 Å². The number of rotatable bonds is 1. The minimum Gasteiger partial charge on any atom is -0.412 e. The van der Waals surface area contributed by atoms with E-state index >= 15 is 0 Å². The molecule has 0 spiro atoms. The SMILES string of the molecule is NCC1CCCC1N.O.O.[Pt]. The molecule has 1 aliphatic carbocycles. The summed E-state index contributed by atoms with van der Waals surface area (Å²) in [5, 5.41) is 0. The van der Waals surface area contributed by atoms with Gasteiger partial charge in [-0.25, -0.2) is 0 Å². The molecule has 4 nitrogen and oxygen atoms in total. The monoisotopic (exact) mass is 345 g/mol. The van der Waals surface area contributed by atoms with Crippen LogP contribution in [0.2, 0.25) is 0 Å². The molecule has 0 heterocycles. The van der Waals surface area contributed by atoms with Crippen molar-refractivity contribution in [3.8, 4) is 0 Å². The van der Waals surface area contributed by atoms with E-state index in [1.165, 1.54) is 19.3 Å². The van der Waals surface area contributed by atoms with Crippen molar-refractivity contribution in [1.29, 1.82) is 0 Å². The minimum atomic E-state index is 0. The number of nitrogens with two attached hydrogens (primary N) is 2. The largest absolute Gasteiger partial charge is 0.412 e. The summed E-state index contributed by atoms with van der Waals surface area (Å²) in [4.78, 5) is 0. The molecule has 8 N–H and O–H groups in total. The zero-order chi connectivity index (χ0) is 5.98. The Morgan fingerprint density at radius 1 is 1.18 bits per heavy atom. The van der Waals surface area contributed by atoms with Gasteiger partial charge in [0.2, 0.25) is 0 Å². The summed E-state index contributed by atoms with van der Waals surface area (Å²) in [5.74, 6) is 0.620. The van der Waals surface area contributed by atoms with Crippen molar-refractivity contribution in [3.63, 3.8) is 0 Å². The maximum atomic E-state index is 5.71. The van der Waals surface area contributed by atoms with Crippen LogP contribution in [0.25, 0.3) is 0 Å². The zero-order valence-corrected chi connectivity index (χ0v) is 8.73. The van der Waals surface area contributed by atoms with E-state index in [9.17, 15) is 0 Å². The van der Waals surface area contributed by atoms with Crippen molar-refractivity contribution in [1.82, 2.24) is 0 Å². The molecule has 1 rings (SSSR count). The predicted molar refractivity (Wildman–Crippen MR) is 41.6 cm³/mol.